The largest absolute Gasteiger partial charge is 0.370 e. The minimum absolute atomic E-state index is 0.0588. The Morgan fingerprint density at radius 3 is 2.50 bits per heavy atom. The molecule has 10 heteroatoms. The molecule has 2 saturated heterocycles. The molecule has 8 nitrogen and oxygen atoms in total. The number of nitrogens with zero attached hydrogens (tertiary/aromatic N) is 5. The average molecular weight is 568 g/mol. The van der Waals surface area contributed by atoms with E-state index in [9.17, 15) is 4.79 Å². The number of hydrogen-bond donors (Lipinski definition) is 2. The van der Waals surface area contributed by atoms with Crippen LogP contribution in [0.5, 0.6) is 0 Å². The first-order valence-electron chi connectivity index (χ1n) is 14.8. The van der Waals surface area contributed by atoms with Gasteiger partial charge in [0.15, 0.2) is 11.6 Å². The van der Waals surface area contributed by atoms with E-state index in [0.717, 1.165) is 85.3 Å². The number of carbonyl (C=O) groups excluding carboxylic acids is 1. The molecule has 1 aliphatic carbocycles. The van der Waals surface area contributed by atoms with Crippen LogP contribution in [-0.2, 0) is 0 Å². The lowest BCUT2D eigenvalue weighted by Crippen LogP contribution is -2.52. The molecule has 0 radical (unpaired) electrons. The molecule has 6 rings (SSSR count). The molecular formula is C30H42FN7OS. The molecule has 3 aliphatic heterocycles. The van der Waals surface area contributed by atoms with Crippen LogP contribution in [0, 0.1) is 5.82 Å². The van der Waals surface area contributed by atoms with E-state index < -0.39 is 0 Å². The molecule has 1 atom stereocenters. The number of aromatic nitrogens is 1. The number of carbonyl (C=O) groups is 1. The Bertz CT molecular complexity index is 1340. The van der Waals surface area contributed by atoms with Gasteiger partial charge in [-0.3, -0.25) is 9.69 Å². The molecule has 40 heavy (non-hydrogen) atoms. The molecule has 2 aromatic rings. The van der Waals surface area contributed by atoms with E-state index in [1.54, 1.807) is 28.5 Å². The fraction of sp³-hybridized carbons (Fsp3) is 0.600. The van der Waals surface area contributed by atoms with Gasteiger partial charge in [-0.2, -0.15) is 0 Å². The Balaban J connectivity index is 1.15. The van der Waals surface area contributed by atoms with Gasteiger partial charge in [0.25, 0.3) is 5.91 Å². The van der Waals surface area contributed by atoms with Gasteiger partial charge in [-0.05, 0) is 55.5 Å². The number of anilines is 2. The molecular weight excluding hydrogens is 525 g/mol. The molecule has 1 saturated carbocycles. The molecule has 5 heterocycles. The topological polar surface area (TPSA) is 67.0 Å². The fourth-order valence-corrected chi connectivity index (χ4v) is 8.02. The summed E-state index contributed by atoms with van der Waals surface area (Å²) in [6.07, 6.45) is 12.4. The number of piperazine rings is 1. The molecule has 1 unspecified atom stereocenters. The lowest BCUT2D eigenvalue weighted by atomic mass is 9.95. The van der Waals surface area contributed by atoms with Crippen molar-refractivity contribution in [2.24, 2.45) is 0 Å². The van der Waals surface area contributed by atoms with Crippen LogP contribution in [0.2, 0.25) is 0 Å². The number of hydrogen-bond acceptors (Lipinski definition) is 8. The monoisotopic (exact) mass is 567 g/mol. The lowest BCUT2D eigenvalue weighted by molar-refractivity contribution is 0.0830. The average Bonchev–Trinajstić information content (AvgIpc) is 3.62. The van der Waals surface area contributed by atoms with Crippen molar-refractivity contribution in [2.75, 3.05) is 70.6 Å². The first-order valence-corrected chi connectivity index (χ1v) is 15.6. The minimum Gasteiger partial charge on any atom is -0.370 e. The van der Waals surface area contributed by atoms with Crippen LogP contribution in [0.3, 0.4) is 0 Å². The molecule has 0 aromatic carbocycles. The summed E-state index contributed by atoms with van der Waals surface area (Å²) >= 11 is 1.56. The number of thiophene rings is 1. The van der Waals surface area contributed by atoms with E-state index in [-0.39, 0.29) is 23.7 Å². The highest BCUT2D eigenvalue weighted by Gasteiger charge is 2.29. The number of halogens is 1. The summed E-state index contributed by atoms with van der Waals surface area (Å²) < 4.78 is 16.4. The number of piperidine rings is 1. The van der Waals surface area contributed by atoms with Crippen molar-refractivity contribution in [1.29, 1.82) is 0 Å². The van der Waals surface area contributed by atoms with Gasteiger partial charge in [-0.15, -0.1) is 11.3 Å². The van der Waals surface area contributed by atoms with Gasteiger partial charge in [-0.25, -0.2) is 9.37 Å². The van der Waals surface area contributed by atoms with Gasteiger partial charge in [-0.1, -0.05) is 12.8 Å². The smallest absolute Gasteiger partial charge is 0.263 e. The maximum atomic E-state index is 15.3. The van der Waals surface area contributed by atoms with E-state index in [0.29, 0.717) is 12.0 Å². The third-order valence-electron chi connectivity index (χ3n) is 9.11. The number of likely N-dealkylation sites (N-methyl/N-ethyl adjacent to an activating group) is 1. The maximum absolute atomic E-state index is 15.3. The Hall–Kier alpha value is -2.69. The van der Waals surface area contributed by atoms with Crippen molar-refractivity contribution < 1.29 is 9.18 Å². The van der Waals surface area contributed by atoms with Gasteiger partial charge >= 0.3 is 0 Å². The number of nitrogens with one attached hydrogen (secondary N) is 2. The second-order valence-electron chi connectivity index (χ2n) is 12.0. The predicted octanol–water partition coefficient (Wildman–Crippen LogP) is 2.42. The Morgan fingerprint density at radius 2 is 1.82 bits per heavy atom. The summed E-state index contributed by atoms with van der Waals surface area (Å²) in [7, 11) is 5.81. The molecule has 1 amide bonds. The van der Waals surface area contributed by atoms with E-state index >= 15 is 4.39 Å². The van der Waals surface area contributed by atoms with Crippen LogP contribution in [0.1, 0.15) is 59.7 Å². The number of pyridine rings is 1. The van der Waals surface area contributed by atoms with Gasteiger partial charge < -0.3 is 25.3 Å². The molecule has 4 aliphatic rings. The molecule has 216 valence electrons. The third kappa shape index (κ3) is 5.58. The van der Waals surface area contributed by atoms with E-state index in [2.05, 4.69) is 43.4 Å². The SMILES string of the molecule is CN1CCN(C2CCN(c3cnc(NC4C=c5c(C6CCCC6)c(C(=O)N(C)C)sc5=CN4)c(F)c3)CC2)CC1. The van der Waals surface area contributed by atoms with E-state index in [1.165, 1.54) is 18.4 Å². The van der Waals surface area contributed by atoms with Crippen molar-refractivity contribution in [3.63, 3.8) is 0 Å². The van der Waals surface area contributed by atoms with Crippen molar-refractivity contribution >= 4 is 41.0 Å². The number of rotatable bonds is 6. The van der Waals surface area contributed by atoms with Crippen LogP contribution >= 0.6 is 11.3 Å². The zero-order chi connectivity index (χ0) is 27.8. The van der Waals surface area contributed by atoms with Crippen LogP contribution in [0.4, 0.5) is 15.9 Å². The Labute approximate surface area is 240 Å². The van der Waals surface area contributed by atoms with Gasteiger partial charge in [0, 0.05) is 71.7 Å². The van der Waals surface area contributed by atoms with Crippen LogP contribution in [-0.4, -0.2) is 98.2 Å². The van der Waals surface area contributed by atoms with E-state index in [1.807, 2.05) is 20.3 Å². The maximum Gasteiger partial charge on any atom is 0.263 e. The van der Waals surface area contributed by atoms with Gasteiger partial charge in [0.2, 0.25) is 0 Å². The zero-order valence-corrected chi connectivity index (χ0v) is 24.8. The Kier molecular flexibility index (Phi) is 8.01. The molecule has 2 aromatic heterocycles. The fourth-order valence-electron chi connectivity index (χ4n) is 6.73. The molecule has 2 N–H and O–H groups in total. The third-order valence-corrected chi connectivity index (χ3v) is 10.3. The first kappa shape index (κ1) is 27.5. The molecule has 0 spiro atoms. The highest BCUT2D eigenvalue weighted by Crippen LogP contribution is 2.35. The zero-order valence-electron chi connectivity index (χ0n) is 24.0. The van der Waals surface area contributed by atoms with Crippen LogP contribution in [0.15, 0.2) is 12.3 Å². The van der Waals surface area contributed by atoms with Gasteiger partial charge in [0.05, 0.1) is 21.3 Å². The van der Waals surface area contributed by atoms with Crippen molar-refractivity contribution in [1.82, 2.24) is 25.0 Å². The summed E-state index contributed by atoms with van der Waals surface area (Å²) in [5, 5.41) is 7.69. The summed E-state index contributed by atoms with van der Waals surface area (Å²) in [5.74, 6) is 0.355. The normalized spacial score (nSPS) is 22.8. The summed E-state index contributed by atoms with van der Waals surface area (Å²) in [6.45, 7) is 6.42. The summed E-state index contributed by atoms with van der Waals surface area (Å²) in [6, 6.07) is 2.24. The summed E-state index contributed by atoms with van der Waals surface area (Å²) in [4.78, 5) is 27.3. The lowest BCUT2D eigenvalue weighted by Gasteiger charge is -2.42. The van der Waals surface area contributed by atoms with Crippen LogP contribution in [0.25, 0.3) is 12.3 Å². The molecule has 0 bridgehead atoms. The Morgan fingerprint density at radius 1 is 1.10 bits per heavy atom. The minimum atomic E-state index is -0.343. The first-order chi connectivity index (χ1) is 19.4. The second kappa shape index (κ2) is 11.7. The van der Waals surface area contributed by atoms with Crippen molar-refractivity contribution in [3.05, 3.63) is 38.3 Å². The van der Waals surface area contributed by atoms with Crippen molar-refractivity contribution in [3.8, 4) is 0 Å². The standard InChI is InChI=1S/C30H42FN7OS/c1-35(2)30(39)28-27(20-6-4-5-7-20)23-17-26(32-19-25(23)40-28)34-29-24(31)16-22(18-33-29)37-10-8-21(9-11-37)38-14-12-36(3)13-15-38/h16-21,26,32H,4-15H2,1-3H3,(H,33,34). The number of fused-ring (bicyclic) bond motifs is 1. The molecule has 3 fully saturated rings. The highest BCUT2D eigenvalue weighted by atomic mass is 32.1. The van der Waals surface area contributed by atoms with E-state index in [4.69, 9.17) is 0 Å². The van der Waals surface area contributed by atoms with Gasteiger partial charge in [0.1, 0.15) is 6.17 Å². The van der Waals surface area contributed by atoms with Crippen molar-refractivity contribution in [2.45, 2.75) is 56.7 Å². The second-order valence-corrected chi connectivity index (χ2v) is 13.0. The number of amides is 1. The quantitative estimate of drug-likeness (QED) is 0.556. The summed E-state index contributed by atoms with van der Waals surface area (Å²) in [5.41, 5.74) is 2.02. The highest BCUT2D eigenvalue weighted by molar-refractivity contribution is 7.12. The predicted molar refractivity (Wildman–Crippen MR) is 161 cm³/mol. The van der Waals surface area contributed by atoms with Crippen LogP contribution < -0.4 is 25.3 Å².